The predicted molar refractivity (Wildman–Crippen MR) is 64.5 cm³/mol. The number of hydrogen-bond acceptors (Lipinski definition) is 4. The number of rotatable bonds is 5. The van der Waals surface area contributed by atoms with Crippen molar-refractivity contribution in [1.82, 2.24) is 9.78 Å². The largest absolute Gasteiger partial charge is 0.395 e. The second-order valence-corrected chi connectivity index (χ2v) is 4.31. The number of aromatic nitrogens is 2. The van der Waals surface area contributed by atoms with Gasteiger partial charge in [-0.15, -0.1) is 0 Å². The highest BCUT2D eigenvalue weighted by molar-refractivity contribution is 5.67. The van der Waals surface area contributed by atoms with Crippen molar-refractivity contribution in [1.29, 1.82) is 0 Å². The molecule has 0 atom stereocenters. The molecule has 1 aromatic heterocycles. The highest BCUT2D eigenvalue weighted by Crippen LogP contribution is 2.35. The molecule has 1 saturated carbocycles. The maximum atomic E-state index is 9.11. The molecule has 90 valence electrons. The zero-order chi connectivity index (χ0) is 11.7. The van der Waals surface area contributed by atoms with Crippen molar-refractivity contribution < 1.29 is 5.11 Å². The average molecular weight is 224 g/mol. The molecule has 0 unspecified atom stereocenters. The first kappa shape index (κ1) is 11.3. The average Bonchev–Trinajstić information content (AvgIpc) is 3.04. The Morgan fingerprint density at radius 2 is 2.25 bits per heavy atom. The van der Waals surface area contributed by atoms with Crippen LogP contribution >= 0.6 is 0 Å². The predicted octanol–water partition coefficient (Wildman–Crippen LogP) is 0.526. The molecular weight excluding hydrogens is 204 g/mol. The van der Waals surface area contributed by atoms with Gasteiger partial charge in [-0.05, 0) is 19.3 Å². The number of nitrogen functional groups attached to an aromatic ring is 1. The van der Waals surface area contributed by atoms with Gasteiger partial charge < -0.3 is 15.7 Å². The van der Waals surface area contributed by atoms with E-state index in [2.05, 4.69) is 16.9 Å². The first-order chi connectivity index (χ1) is 7.69. The lowest BCUT2D eigenvalue weighted by Crippen LogP contribution is -2.31. The minimum Gasteiger partial charge on any atom is -0.395 e. The number of nitrogens with zero attached hydrogens (tertiary/aromatic N) is 3. The smallest absolute Gasteiger partial charge is 0.150 e. The second kappa shape index (κ2) is 4.33. The Morgan fingerprint density at radius 3 is 2.69 bits per heavy atom. The molecule has 1 aliphatic carbocycles. The highest BCUT2D eigenvalue weighted by Gasteiger charge is 2.32. The van der Waals surface area contributed by atoms with Crippen LogP contribution in [0.25, 0.3) is 0 Å². The fourth-order valence-electron chi connectivity index (χ4n) is 2.14. The van der Waals surface area contributed by atoms with Gasteiger partial charge in [-0.1, -0.05) is 6.92 Å². The van der Waals surface area contributed by atoms with E-state index in [0.717, 1.165) is 23.6 Å². The molecule has 0 aliphatic heterocycles. The summed E-state index contributed by atoms with van der Waals surface area (Å²) in [6.45, 7) is 2.84. The fraction of sp³-hybridized carbons (Fsp3) is 0.727. The monoisotopic (exact) mass is 224 g/mol. The molecule has 1 fully saturated rings. The summed E-state index contributed by atoms with van der Waals surface area (Å²) in [6.07, 6.45) is 3.22. The minimum absolute atomic E-state index is 0.155. The molecule has 0 spiro atoms. The second-order valence-electron chi connectivity index (χ2n) is 4.31. The van der Waals surface area contributed by atoms with Gasteiger partial charge in [0, 0.05) is 19.6 Å². The normalized spacial score (nSPS) is 15.4. The van der Waals surface area contributed by atoms with Crippen LogP contribution in [0.1, 0.15) is 25.5 Å². The van der Waals surface area contributed by atoms with E-state index in [-0.39, 0.29) is 6.61 Å². The van der Waals surface area contributed by atoms with Gasteiger partial charge >= 0.3 is 0 Å². The van der Waals surface area contributed by atoms with Gasteiger partial charge in [0.05, 0.1) is 18.0 Å². The Balaban J connectivity index is 2.32. The topological polar surface area (TPSA) is 67.3 Å². The van der Waals surface area contributed by atoms with Crippen molar-refractivity contribution in [3.8, 4) is 0 Å². The summed E-state index contributed by atoms with van der Waals surface area (Å²) in [4.78, 5) is 2.18. The van der Waals surface area contributed by atoms with E-state index in [1.165, 1.54) is 12.8 Å². The summed E-state index contributed by atoms with van der Waals surface area (Å²) in [6, 6.07) is 0.537. The number of aryl methyl sites for hydroxylation is 2. The summed E-state index contributed by atoms with van der Waals surface area (Å²) < 4.78 is 1.84. The lowest BCUT2D eigenvalue weighted by Gasteiger charge is -2.24. The van der Waals surface area contributed by atoms with Gasteiger partial charge in [0.15, 0.2) is 5.82 Å². The molecule has 3 N–H and O–H groups in total. The molecule has 0 saturated heterocycles. The van der Waals surface area contributed by atoms with Crippen LogP contribution in [0.3, 0.4) is 0 Å². The zero-order valence-corrected chi connectivity index (χ0v) is 9.98. The fourth-order valence-corrected chi connectivity index (χ4v) is 2.14. The number of aliphatic hydroxyl groups is 1. The van der Waals surface area contributed by atoms with E-state index in [1.807, 2.05) is 11.7 Å². The van der Waals surface area contributed by atoms with Crippen molar-refractivity contribution >= 4 is 11.5 Å². The Labute approximate surface area is 95.8 Å². The lowest BCUT2D eigenvalue weighted by molar-refractivity contribution is 0.300. The zero-order valence-electron chi connectivity index (χ0n) is 9.98. The number of aliphatic hydroxyl groups excluding tert-OH is 1. The molecule has 1 heterocycles. The van der Waals surface area contributed by atoms with E-state index in [9.17, 15) is 0 Å². The molecule has 0 bridgehead atoms. The maximum Gasteiger partial charge on any atom is 0.150 e. The third-order valence-electron chi connectivity index (χ3n) is 3.06. The van der Waals surface area contributed by atoms with E-state index in [0.29, 0.717) is 12.6 Å². The van der Waals surface area contributed by atoms with Crippen molar-refractivity contribution in [2.75, 3.05) is 23.8 Å². The van der Waals surface area contributed by atoms with Crippen molar-refractivity contribution in [2.24, 2.45) is 7.05 Å². The van der Waals surface area contributed by atoms with Gasteiger partial charge in [-0.25, -0.2) is 0 Å². The first-order valence-electron chi connectivity index (χ1n) is 5.87. The Kier molecular flexibility index (Phi) is 3.05. The van der Waals surface area contributed by atoms with Gasteiger partial charge in [-0.2, -0.15) is 5.10 Å². The van der Waals surface area contributed by atoms with Crippen LogP contribution in [0.4, 0.5) is 11.5 Å². The summed E-state index contributed by atoms with van der Waals surface area (Å²) in [5.41, 5.74) is 7.82. The van der Waals surface area contributed by atoms with E-state index in [1.54, 1.807) is 0 Å². The van der Waals surface area contributed by atoms with Crippen LogP contribution in [-0.4, -0.2) is 34.1 Å². The molecule has 0 radical (unpaired) electrons. The van der Waals surface area contributed by atoms with Gasteiger partial charge in [0.1, 0.15) is 0 Å². The quantitative estimate of drug-likeness (QED) is 0.765. The Bertz CT molecular complexity index is 370. The number of hydrogen-bond donors (Lipinski definition) is 2. The molecule has 0 amide bonds. The maximum absolute atomic E-state index is 9.11. The van der Waals surface area contributed by atoms with Crippen molar-refractivity contribution in [2.45, 2.75) is 32.2 Å². The molecule has 0 aromatic carbocycles. The molecule has 5 heteroatoms. The molecule has 16 heavy (non-hydrogen) atoms. The molecule has 5 nitrogen and oxygen atoms in total. The molecule has 2 rings (SSSR count). The SMILES string of the molecule is CCc1nn(C)c(N(CCO)C2CC2)c1N. The standard InChI is InChI=1S/C11H20N4O/c1-3-9-10(12)11(14(2)13-9)15(6-7-16)8-4-5-8/h8,16H,3-7,12H2,1-2H3. The van der Waals surface area contributed by atoms with Crippen LogP contribution in [0.5, 0.6) is 0 Å². The van der Waals surface area contributed by atoms with Crippen LogP contribution in [0, 0.1) is 0 Å². The van der Waals surface area contributed by atoms with Crippen LogP contribution in [0.15, 0.2) is 0 Å². The van der Waals surface area contributed by atoms with Crippen molar-refractivity contribution in [3.63, 3.8) is 0 Å². The van der Waals surface area contributed by atoms with E-state index >= 15 is 0 Å². The Hall–Kier alpha value is -1.23. The lowest BCUT2D eigenvalue weighted by atomic mass is 10.3. The summed E-state index contributed by atoms with van der Waals surface area (Å²) >= 11 is 0. The molecule has 1 aliphatic rings. The van der Waals surface area contributed by atoms with Gasteiger partial charge in [0.2, 0.25) is 0 Å². The van der Waals surface area contributed by atoms with Gasteiger partial charge in [0.25, 0.3) is 0 Å². The molecule has 1 aromatic rings. The van der Waals surface area contributed by atoms with Crippen LogP contribution < -0.4 is 10.6 Å². The van der Waals surface area contributed by atoms with Crippen LogP contribution in [-0.2, 0) is 13.5 Å². The number of nitrogens with two attached hydrogens (primary N) is 1. The van der Waals surface area contributed by atoms with Crippen LogP contribution in [0.2, 0.25) is 0 Å². The summed E-state index contributed by atoms with van der Waals surface area (Å²) in [5, 5.41) is 13.5. The minimum atomic E-state index is 0.155. The van der Waals surface area contributed by atoms with E-state index < -0.39 is 0 Å². The number of anilines is 2. The summed E-state index contributed by atoms with van der Waals surface area (Å²) in [7, 11) is 1.91. The first-order valence-corrected chi connectivity index (χ1v) is 5.87. The van der Waals surface area contributed by atoms with Gasteiger partial charge in [-0.3, -0.25) is 4.68 Å². The summed E-state index contributed by atoms with van der Waals surface area (Å²) in [5.74, 6) is 0.966. The Morgan fingerprint density at radius 1 is 1.56 bits per heavy atom. The third kappa shape index (κ3) is 1.87. The van der Waals surface area contributed by atoms with E-state index in [4.69, 9.17) is 10.8 Å². The highest BCUT2D eigenvalue weighted by atomic mass is 16.3. The molecular formula is C11H20N4O. The third-order valence-corrected chi connectivity index (χ3v) is 3.06. The van der Waals surface area contributed by atoms with Crippen molar-refractivity contribution in [3.05, 3.63) is 5.69 Å².